The van der Waals surface area contributed by atoms with Crippen LogP contribution in [-0.2, 0) is 6.54 Å². The number of benzene rings is 1. The summed E-state index contributed by atoms with van der Waals surface area (Å²) in [5.41, 5.74) is 0.745. The number of carbonyl (C=O) groups is 1. The summed E-state index contributed by atoms with van der Waals surface area (Å²) in [6.45, 7) is 3.67. The van der Waals surface area contributed by atoms with Crippen molar-refractivity contribution in [1.82, 2.24) is 9.47 Å². The average molecular weight is 367 g/mol. The molecular formula is C19H21N5O3. The van der Waals surface area contributed by atoms with Gasteiger partial charge in [-0.1, -0.05) is 6.92 Å². The molecule has 1 aromatic heterocycles. The summed E-state index contributed by atoms with van der Waals surface area (Å²) in [5, 5.41) is 27.5. The van der Waals surface area contributed by atoms with E-state index in [1.54, 1.807) is 45.3 Å². The van der Waals surface area contributed by atoms with Gasteiger partial charge in [-0.15, -0.1) is 5.11 Å². The molecule has 27 heavy (non-hydrogen) atoms. The van der Waals surface area contributed by atoms with Crippen molar-refractivity contribution in [3.05, 3.63) is 51.3 Å². The van der Waals surface area contributed by atoms with E-state index in [9.17, 15) is 20.0 Å². The van der Waals surface area contributed by atoms with Gasteiger partial charge in [-0.2, -0.15) is 10.4 Å². The molecule has 0 aliphatic rings. The minimum atomic E-state index is -0.506. The first-order chi connectivity index (χ1) is 12.8. The van der Waals surface area contributed by atoms with E-state index in [4.69, 9.17) is 0 Å². The molecule has 0 unspecified atom stereocenters. The molecular weight excluding hydrogens is 346 g/mol. The third-order valence-electron chi connectivity index (χ3n) is 4.00. The van der Waals surface area contributed by atoms with Crippen molar-refractivity contribution in [2.45, 2.75) is 26.8 Å². The number of aromatic hydroxyl groups is 1. The molecule has 1 amide bonds. The number of hydrogen-bond donors (Lipinski definition) is 1. The Hall–Kier alpha value is -3.47. The lowest BCUT2D eigenvalue weighted by Gasteiger charge is -2.12. The van der Waals surface area contributed by atoms with Gasteiger partial charge in [0.15, 0.2) is 5.69 Å². The van der Waals surface area contributed by atoms with Crippen LogP contribution < -0.4 is 5.56 Å². The van der Waals surface area contributed by atoms with Crippen LogP contribution in [0.1, 0.15) is 34.8 Å². The Kier molecular flexibility index (Phi) is 6.08. The second-order valence-electron chi connectivity index (χ2n) is 6.19. The van der Waals surface area contributed by atoms with Crippen LogP contribution in [0.5, 0.6) is 5.88 Å². The first kappa shape index (κ1) is 19.8. The summed E-state index contributed by atoms with van der Waals surface area (Å²) in [4.78, 5) is 26.0. The summed E-state index contributed by atoms with van der Waals surface area (Å²) in [6, 6.07) is 8.38. The highest BCUT2D eigenvalue weighted by atomic mass is 16.3. The van der Waals surface area contributed by atoms with Crippen LogP contribution in [0.15, 0.2) is 39.3 Å². The standard InChI is InChI=1S/C19H21N5O3/c1-5-10-24-18(26)15(11-20)12(2)16(19(24)27)22-21-14-8-6-13(7-9-14)17(25)23(3)4/h6-9,26H,5,10H2,1-4H3. The van der Waals surface area contributed by atoms with E-state index in [1.165, 1.54) is 4.90 Å². The maximum absolute atomic E-state index is 12.6. The van der Waals surface area contributed by atoms with E-state index in [-0.39, 0.29) is 35.1 Å². The lowest BCUT2D eigenvalue weighted by molar-refractivity contribution is 0.0827. The van der Waals surface area contributed by atoms with Crippen molar-refractivity contribution in [2.75, 3.05) is 14.1 Å². The zero-order valence-electron chi connectivity index (χ0n) is 15.7. The van der Waals surface area contributed by atoms with Crippen molar-refractivity contribution in [3.8, 4) is 11.9 Å². The van der Waals surface area contributed by atoms with E-state index in [1.807, 2.05) is 13.0 Å². The summed E-state index contributed by atoms with van der Waals surface area (Å²) in [7, 11) is 3.33. The van der Waals surface area contributed by atoms with Gasteiger partial charge in [-0.05, 0) is 37.6 Å². The van der Waals surface area contributed by atoms with Gasteiger partial charge < -0.3 is 10.0 Å². The fraction of sp³-hybridized carbons (Fsp3) is 0.316. The number of azo groups is 1. The summed E-state index contributed by atoms with van der Waals surface area (Å²) in [5.74, 6) is -0.485. The van der Waals surface area contributed by atoms with E-state index < -0.39 is 5.56 Å². The average Bonchev–Trinajstić information content (AvgIpc) is 2.65. The lowest BCUT2D eigenvalue weighted by Crippen LogP contribution is -2.21. The molecule has 0 radical (unpaired) electrons. The second kappa shape index (κ2) is 8.27. The third-order valence-corrected chi connectivity index (χ3v) is 4.00. The Morgan fingerprint density at radius 3 is 2.41 bits per heavy atom. The molecule has 0 atom stereocenters. The topological polar surface area (TPSA) is 111 Å². The molecule has 0 bridgehead atoms. The van der Waals surface area contributed by atoms with Crippen LogP contribution >= 0.6 is 0 Å². The Morgan fingerprint density at radius 2 is 1.89 bits per heavy atom. The van der Waals surface area contributed by atoms with E-state index in [2.05, 4.69) is 10.2 Å². The zero-order valence-corrected chi connectivity index (χ0v) is 15.7. The molecule has 0 saturated heterocycles. The summed E-state index contributed by atoms with van der Waals surface area (Å²) in [6.07, 6.45) is 0.610. The molecule has 0 aliphatic heterocycles. The largest absolute Gasteiger partial charge is 0.493 e. The minimum absolute atomic E-state index is 0.00364. The molecule has 1 aromatic carbocycles. The molecule has 1 N–H and O–H groups in total. The maximum Gasteiger partial charge on any atom is 0.281 e. The molecule has 2 rings (SSSR count). The van der Waals surface area contributed by atoms with Crippen molar-refractivity contribution in [3.63, 3.8) is 0 Å². The zero-order chi connectivity index (χ0) is 20.1. The van der Waals surface area contributed by atoms with E-state index >= 15 is 0 Å². The first-order valence-corrected chi connectivity index (χ1v) is 8.41. The smallest absolute Gasteiger partial charge is 0.281 e. The third kappa shape index (κ3) is 4.03. The van der Waals surface area contributed by atoms with Gasteiger partial charge in [0.05, 0.1) is 5.69 Å². The quantitative estimate of drug-likeness (QED) is 0.817. The minimum Gasteiger partial charge on any atom is -0.493 e. The maximum atomic E-state index is 12.6. The van der Waals surface area contributed by atoms with Gasteiger partial charge in [-0.25, -0.2) is 0 Å². The van der Waals surface area contributed by atoms with Crippen LogP contribution in [0.4, 0.5) is 11.4 Å². The Bertz CT molecular complexity index is 982. The number of aromatic nitrogens is 1. The molecule has 2 aromatic rings. The van der Waals surface area contributed by atoms with Crippen molar-refractivity contribution in [1.29, 1.82) is 5.26 Å². The van der Waals surface area contributed by atoms with Crippen LogP contribution in [0, 0.1) is 18.3 Å². The normalized spacial score (nSPS) is 10.8. The van der Waals surface area contributed by atoms with E-state index in [0.717, 1.165) is 4.57 Å². The molecule has 0 spiro atoms. The Balaban J connectivity index is 2.45. The molecule has 0 aliphatic carbocycles. The second-order valence-corrected chi connectivity index (χ2v) is 6.19. The molecule has 140 valence electrons. The van der Waals surface area contributed by atoms with Crippen LogP contribution in [0.2, 0.25) is 0 Å². The van der Waals surface area contributed by atoms with Crippen LogP contribution in [-0.4, -0.2) is 34.6 Å². The molecule has 8 nitrogen and oxygen atoms in total. The number of hydrogen-bond acceptors (Lipinski definition) is 6. The molecule has 8 heteroatoms. The highest BCUT2D eigenvalue weighted by Crippen LogP contribution is 2.27. The highest BCUT2D eigenvalue weighted by molar-refractivity contribution is 5.94. The monoisotopic (exact) mass is 367 g/mol. The van der Waals surface area contributed by atoms with Crippen molar-refractivity contribution < 1.29 is 9.90 Å². The first-order valence-electron chi connectivity index (χ1n) is 8.41. The van der Waals surface area contributed by atoms with Gasteiger partial charge in [0.25, 0.3) is 11.5 Å². The van der Waals surface area contributed by atoms with Gasteiger partial charge >= 0.3 is 0 Å². The van der Waals surface area contributed by atoms with Crippen LogP contribution in [0.25, 0.3) is 0 Å². The molecule has 1 heterocycles. The SMILES string of the molecule is CCCn1c(O)c(C#N)c(C)c(N=Nc2ccc(C(=O)N(C)C)cc2)c1=O. The number of rotatable bonds is 5. The highest BCUT2D eigenvalue weighted by Gasteiger charge is 2.18. The van der Waals surface area contributed by atoms with Gasteiger partial charge in [0.1, 0.15) is 11.6 Å². The van der Waals surface area contributed by atoms with Crippen molar-refractivity contribution >= 4 is 17.3 Å². The van der Waals surface area contributed by atoms with E-state index in [0.29, 0.717) is 17.7 Å². The van der Waals surface area contributed by atoms with Gasteiger partial charge in [0.2, 0.25) is 5.88 Å². The van der Waals surface area contributed by atoms with Gasteiger partial charge in [-0.3, -0.25) is 14.2 Å². The number of amides is 1. The van der Waals surface area contributed by atoms with Crippen LogP contribution in [0.3, 0.4) is 0 Å². The summed E-state index contributed by atoms with van der Waals surface area (Å²) < 4.78 is 1.12. The van der Waals surface area contributed by atoms with Gasteiger partial charge in [0, 0.05) is 31.8 Å². The Morgan fingerprint density at radius 1 is 1.26 bits per heavy atom. The predicted molar refractivity (Wildman–Crippen MR) is 101 cm³/mol. The number of carbonyl (C=O) groups excluding carboxylic acids is 1. The number of nitriles is 1. The lowest BCUT2D eigenvalue weighted by atomic mass is 10.1. The number of pyridine rings is 1. The van der Waals surface area contributed by atoms with Crippen molar-refractivity contribution in [2.24, 2.45) is 10.2 Å². The summed E-state index contributed by atoms with van der Waals surface area (Å²) >= 11 is 0. The number of nitrogens with zero attached hydrogens (tertiary/aromatic N) is 5. The fourth-order valence-electron chi connectivity index (χ4n) is 2.52. The predicted octanol–water partition coefficient (Wildman–Crippen LogP) is 3.26. The fourth-order valence-corrected chi connectivity index (χ4v) is 2.52. The molecule has 0 saturated carbocycles. The molecule has 0 fully saturated rings. The Labute approximate surface area is 157 Å².